The molecule has 1 atom stereocenters. The van der Waals surface area contributed by atoms with Crippen LogP contribution in [0.25, 0.3) is 0 Å². The van der Waals surface area contributed by atoms with Crippen LogP contribution in [0.1, 0.15) is 32.1 Å². The van der Waals surface area contributed by atoms with E-state index >= 15 is 0 Å². The highest BCUT2D eigenvalue weighted by atomic mass is 35.5. The summed E-state index contributed by atoms with van der Waals surface area (Å²) in [5, 5.41) is 8.19. The minimum Gasteiger partial charge on any atom is -0.255 e. The maximum atomic E-state index is 8.62. The van der Waals surface area contributed by atoms with Crippen LogP contribution in [-0.2, 0) is 0 Å². The van der Waals surface area contributed by atoms with E-state index in [1.54, 1.807) is 0 Å². The number of nitrogens with one attached hydrogen (secondary N) is 2. The molecule has 0 radical (unpaired) electrons. The van der Waals surface area contributed by atoms with Crippen molar-refractivity contribution in [3.05, 3.63) is 0 Å². The van der Waals surface area contributed by atoms with Crippen LogP contribution in [0.15, 0.2) is 0 Å². The predicted molar refractivity (Wildman–Crippen MR) is 67.2 cm³/mol. The monoisotopic (exact) mass is 253 g/mol. The number of nitrogens with zero attached hydrogens (tertiary/aromatic N) is 1. The van der Waals surface area contributed by atoms with Crippen LogP contribution >= 0.6 is 11.6 Å². The fraction of sp³-hybridized carbons (Fsp3) is 0.923. The van der Waals surface area contributed by atoms with Gasteiger partial charge in [-0.25, -0.2) is 0 Å². The summed E-state index contributed by atoms with van der Waals surface area (Å²) >= 11 is 5.77. The Morgan fingerprint density at radius 2 is 1.71 bits per heavy atom. The lowest BCUT2D eigenvalue weighted by atomic mass is 9.54. The highest BCUT2D eigenvalue weighted by molar-refractivity contribution is 6.22. The molecule has 0 amide bonds. The molecule has 4 bridgehead atoms. The molecule has 4 saturated carbocycles. The first kappa shape index (κ1) is 11.8. The molecular weight excluding hydrogens is 234 g/mol. The molecule has 4 heteroatoms. The summed E-state index contributed by atoms with van der Waals surface area (Å²) in [6, 6.07) is 2.65. The Balaban J connectivity index is 1.53. The first-order valence-electron chi connectivity index (χ1n) is 6.78. The molecule has 4 rings (SSSR count). The molecule has 0 saturated heterocycles. The van der Waals surface area contributed by atoms with Crippen molar-refractivity contribution in [1.82, 2.24) is 10.9 Å². The van der Waals surface area contributed by atoms with Gasteiger partial charge in [0.05, 0.1) is 6.07 Å². The largest absolute Gasteiger partial charge is 0.255 e. The van der Waals surface area contributed by atoms with E-state index in [1.165, 1.54) is 32.1 Å². The molecule has 4 aliphatic rings. The smallest absolute Gasteiger partial charge is 0.134 e. The van der Waals surface area contributed by atoms with Crippen LogP contribution in [0.2, 0.25) is 0 Å². The zero-order valence-corrected chi connectivity index (χ0v) is 10.8. The van der Waals surface area contributed by atoms with Gasteiger partial charge in [-0.2, -0.15) is 5.26 Å². The minimum absolute atomic E-state index is 0.431. The molecule has 0 aromatic rings. The van der Waals surface area contributed by atoms with Gasteiger partial charge in [-0.05, 0) is 55.8 Å². The van der Waals surface area contributed by atoms with Gasteiger partial charge in [-0.1, -0.05) is 0 Å². The molecular formula is C13H20ClN3. The average Bonchev–Trinajstić information content (AvgIpc) is 2.31. The molecule has 2 N–H and O–H groups in total. The lowest BCUT2D eigenvalue weighted by Gasteiger charge is -2.54. The van der Waals surface area contributed by atoms with Gasteiger partial charge in [0.25, 0.3) is 0 Å². The second-order valence-electron chi connectivity index (χ2n) is 6.08. The molecule has 1 unspecified atom stereocenters. The van der Waals surface area contributed by atoms with Gasteiger partial charge < -0.3 is 0 Å². The summed E-state index contributed by atoms with van der Waals surface area (Å²) in [5.74, 6) is 3.73. The van der Waals surface area contributed by atoms with Gasteiger partial charge in [0.1, 0.15) is 5.38 Å². The van der Waals surface area contributed by atoms with Crippen molar-refractivity contribution >= 4 is 11.6 Å². The van der Waals surface area contributed by atoms with Gasteiger partial charge in [-0.15, -0.1) is 11.6 Å². The highest BCUT2D eigenvalue weighted by Crippen LogP contribution is 2.53. The Bertz CT molecular complexity index is 297. The fourth-order valence-electron chi connectivity index (χ4n) is 4.47. The topological polar surface area (TPSA) is 47.9 Å². The van der Waals surface area contributed by atoms with Crippen LogP contribution < -0.4 is 10.9 Å². The van der Waals surface area contributed by atoms with Crippen LogP contribution in [0.3, 0.4) is 0 Å². The van der Waals surface area contributed by atoms with Gasteiger partial charge in [0, 0.05) is 12.6 Å². The molecule has 0 aliphatic heterocycles. The van der Waals surface area contributed by atoms with Crippen molar-refractivity contribution < 1.29 is 0 Å². The predicted octanol–water partition coefficient (Wildman–Crippen LogP) is 2.04. The zero-order chi connectivity index (χ0) is 11.8. The van der Waals surface area contributed by atoms with Crippen LogP contribution in [0.5, 0.6) is 0 Å². The standard InChI is InChI=1S/C13H20ClN3/c14-12(6-15)7-16-17-13-10-2-8-1-9(4-10)5-11(13)3-8/h8-13,16-17H,1-5,7H2. The van der Waals surface area contributed by atoms with Crippen molar-refractivity contribution in [3.63, 3.8) is 0 Å². The molecule has 3 nitrogen and oxygen atoms in total. The zero-order valence-electron chi connectivity index (χ0n) is 10.0. The van der Waals surface area contributed by atoms with Crippen molar-refractivity contribution in [1.29, 1.82) is 5.26 Å². The van der Waals surface area contributed by atoms with Crippen LogP contribution in [0.4, 0.5) is 0 Å². The van der Waals surface area contributed by atoms with Gasteiger partial charge in [0.2, 0.25) is 0 Å². The maximum absolute atomic E-state index is 8.62. The summed E-state index contributed by atoms with van der Waals surface area (Å²) in [7, 11) is 0. The second-order valence-corrected chi connectivity index (χ2v) is 6.61. The first-order valence-corrected chi connectivity index (χ1v) is 7.22. The molecule has 4 fully saturated rings. The molecule has 0 heterocycles. The Morgan fingerprint density at radius 3 is 2.24 bits per heavy atom. The number of hydrogen-bond acceptors (Lipinski definition) is 3. The van der Waals surface area contributed by atoms with E-state index in [2.05, 4.69) is 10.9 Å². The van der Waals surface area contributed by atoms with Crippen molar-refractivity contribution in [2.24, 2.45) is 23.7 Å². The van der Waals surface area contributed by atoms with Crippen molar-refractivity contribution in [2.75, 3.05) is 6.54 Å². The summed E-state index contributed by atoms with van der Waals surface area (Å²) in [6.07, 6.45) is 7.14. The SMILES string of the molecule is N#CC(Cl)CNNC1C2CC3CC(C2)CC1C3. The molecule has 94 valence electrons. The molecule has 0 aromatic heterocycles. The van der Waals surface area contributed by atoms with Crippen LogP contribution in [-0.4, -0.2) is 18.0 Å². The fourth-order valence-corrected chi connectivity index (χ4v) is 4.55. The van der Waals surface area contributed by atoms with Crippen LogP contribution in [0, 0.1) is 35.0 Å². The first-order chi connectivity index (χ1) is 8.26. The number of halogens is 1. The summed E-state index contributed by atoms with van der Waals surface area (Å²) in [4.78, 5) is 0. The maximum Gasteiger partial charge on any atom is 0.134 e. The van der Waals surface area contributed by atoms with E-state index in [-0.39, 0.29) is 0 Å². The van der Waals surface area contributed by atoms with Gasteiger partial charge >= 0.3 is 0 Å². The van der Waals surface area contributed by atoms with E-state index in [9.17, 15) is 0 Å². The Kier molecular flexibility index (Phi) is 3.30. The number of nitriles is 1. The van der Waals surface area contributed by atoms with E-state index in [4.69, 9.17) is 16.9 Å². The molecule has 0 aromatic carbocycles. The summed E-state index contributed by atoms with van der Waals surface area (Å²) < 4.78 is 0. The number of alkyl halides is 1. The normalized spacial score (nSPS) is 44.6. The van der Waals surface area contributed by atoms with Crippen molar-refractivity contribution in [2.45, 2.75) is 43.5 Å². The molecule has 17 heavy (non-hydrogen) atoms. The quantitative estimate of drug-likeness (QED) is 0.596. The minimum atomic E-state index is -0.431. The third kappa shape index (κ3) is 2.31. The summed E-state index contributed by atoms with van der Waals surface area (Å²) in [5.41, 5.74) is 6.60. The van der Waals surface area contributed by atoms with E-state index in [1.807, 2.05) is 6.07 Å². The Hall–Kier alpha value is -0.300. The van der Waals surface area contributed by atoms with E-state index < -0.39 is 5.38 Å². The highest BCUT2D eigenvalue weighted by Gasteiger charge is 2.47. The third-order valence-corrected chi connectivity index (χ3v) is 5.17. The summed E-state index contributed by atoms with van der Waals surface area (Å²) in [6.45, 7) is 0.529. The Labute approximate surface area is 108 Å². The van der Waals surface area contributed by atoms with Gasteiger partial charge in [0.15, 0.2) is 0 Å². The lowest BCUT2D eigenvalue weighted by Crippen LogP contribution is -2.58. The lowest BCUT2D eigenvalue weighted by molar-refractivity contribution is -0.0185. The van der Waals surface area contributed by atoms with Crippen molar-refractivity contribution in [3.8, 4) is 6.07 Å². The second kappa shape index (κ2) is 4.76. The molecule has 4 aliphatic carbocycles. The average molecular weight is 254 g/mol. The third-order valence-electron chi connectivity index (χ3n) is 4.92. The molecule has 0 spiro atoms. The number of hydrogen-bond donors (Lipinski definition) is 2. The Morgan fingerprint density at radius 1 is 1.12 bits per heavy atom. The van der Waals surface area contributed by atoms with E-state index in [0.29, 0.717) is 12.6 Å². The van der Waals surface area contributed by atoms with Gasteiger partial charge in [-0.3, -0.25) is 10.9 Å². The van der Waals surface area contributed by atoms with E-state index in [0.717, 1.165) is 23.7 Å². The number of hydrazine groups is 1. The number of rotatable bonds is 4.